The second-order valence-electron chi connectivity index (χ2n) is 5.28. The molecule has 0 saturated carbocycles. The zero-order valence-corrected chi connectivity index (χ0v) is 14.9. The lowest BCUT2D eigenvalue weighted by molar-refractivity contribution is 0.102. The van der Waals surface area contributed by atoms with Crippen molar-refractivity contribution in [2.75, 3.05) is 29.5 Å². The minimum Gasteiger partial charge on any atom is -0.495 e. The van der Waals surface area contributed by atoms with Crippen molar-refractivity contribution in [2.24, 2.45) is 0 Å². The molecule has 0 radical (unpaired) electrons. The van der Waals surface area contributed by atoms with Crippen molar-refractivity contribution in [3.63, 3.8) is 0 Å². The van der Waals surface area contributed by atoms with E-state index in [1.807, 2.05) is 6.07 Å². The monoisotopic (exact) mass is 360 g/mol. The zero-order chi connectivity index (χ0) is 18.4. The summed E-state index contributed by atoms with van der Waals surface area (Å²) in [7, 11) is -1.90. The van der Waals surface area contributed by atoms with E-state index in [0.29, 0.717) is 22.7 Å². The van der Waals surface area contributed by atoms with E-state index < -0.39 is 10.0 Å². The van der Waals surface area contributed by atoms with E-state index in [-0.39, 0.29) is 12.5 Å². The van der Waals surface area contributed by atoms with Crippen LogP contribution in [0.3, 0.4) is 0 Å². The summed E-state index contributed by atoms with van der Waals surface area (Å²) in [6.45, 7) is 3.72. The Hall–Kier alpha value is -2.80. The Bertz CT molecular complexity index is 861. The number of hydrogen-bond acceptors (Lipinski definition) is 4. The largest absolute Gasteiger partial charge is 0.495 e. The lowest BCUT2D eigenvalue weighted by Crippen LogP contribution is -2.29. The van der Waals surface area contributed by atoms with E-state index in [4.69, 9.17) is 4.74 Å². The van der Waals surface area contributed by atoms with Crippen LogP contribution < -0.4 is 14.4 Å². The molecule has 0 spiro atoms. The molecule has 0 heterocycles. The quantitative estimate of drug-likeness (QED) is 0.771. The second kappa shape index (κ2) is 7.85. The average Bonchev–Trinajstić information content (AvgIpc) is 2.59. The highest BCUT2D eigenvalue weighted by Crippen LogP contribution is 2.24. The van der Waals surface area contributed by atoms with Crippen LogP contribution in [0.5, 0.6) is 5.75 Å². The fourth-order valence-corrected chi connectivity index (χ4v) is 3.15. The lowest BCUT2D eigenvalue weighted by atomic mass is 10.2. The summed E-state index contributed by atoms with van der Waals surface area (Å²) in [6.07, 6.45) is 2.63. The predicted molar refractivity (Wildman–Crippen MR) is 99.8 cm³/mol. The maximum atomic E-state index is 12.4. The number of methoxy groups -OCH3 is 1. The molecule has 2 rings (SSSR count). The fourth-order valence-electron chi connectivity index (χ4n) is 2.27. The van der Waals surface area contributed by atoms with E-state index in [1.165, 1.54) is 17.5 Å². The molecule has 1 amide bonds. The van der Waals surface area contributed by atoms with E-state index >= 15 is 0 Å². The van der Waals surface area contributed by atoms with Gasteiger partial charge in [-0.3, -0.25) is 9.10 Å². The van der Waals surface area contributed by atoms with Gasteiger partial charge in [-0.15, -0.1) is 6.58 Å². The average molecular weight is 360 g/mol. The van der Waals surface area contributed by atoms with Crippen molar-refractivity contribution in [3.05, 3.63) is 66.7 Å². The highest BCUT2D eigenvalue weighted by molar-refractivity contribution is 7.92. The number of hydrogen-bond donors (Lipinski definition) is 1. The minimum atomic E-state index is -3.43. The number of para-hydroxylation sites is 2. The molecule has 0 aromatic heterocycles. The van der Waals surface area contributed by atoms with Gasteiger partial charge in [0.05, 0.1) is 31.3 Å². The Balaban J connectivity index is 2.21. The molecule has 0 aliphatic carbocycles. The number of rotatable bonds is 7. The summed E-state index contributed by atoms with van der Waals surface area (Å²) >= 11 is 0. The molecule has 0 atom stereocenters. The topological polar surface area (TPSA) is 75.7 Å². The van der Waals surface area contributed by atoms with Crippen LogP contribution in [0, 0.1) is 0 Å². The van der Waals surface area contributed by atoms with E-state index in [1.54, 1.807) is 42.5 Å². The van der Waals surface area contributed by atoms with Gasteiger partial charge in [-0.1, -0.05) is 18.2 Å². The molecule has 1 N–H and O–H groups in total. The first-order chi connectivity index (χ1) is 11.9. The van der Waals surface area contributed by atoms with E-state index in [2.05, 4.69) is 11.9 Å². The van der Waals surface area contributed by atoms with Crippen molar-refractivity contribution in [1.29, 1.82) is 0 Å². The number of benzene rings is 2. The molecule has 0 aliphatic rings. The molecule has 0 unspecified atom stereocenters. The third-order valence-electron chi connectivity index (χ3n) is 3.47. The molecular weight excluding hydrogens is 340 g/mol. The number of sulfonamides is 1. The van der Waals surface area contributed by atoms with Crippen LogP contribution in [-0.2, 0) is 10.0 Å². The Morgan fingerprint density at radius 1 is 1.20 bits per heavy atom. The van der Waals surface area contributed by atoms with E-state index in [0.717, 1.165) is 6.26 Å². The highest BCUT2D eigenvalue weighted by Gasteiger charge is 2.16. The van der Waals surface area contributed by atoms with Crippen molar-refractivity contribution in [3.8, 4) is 5.75 Å². The molecule has 0 bridgehead atoms. The molecule has 7 heteroatoms. The zero-order valence-electron chi connectivity index (χ0n) is 14.1. The van der Waals surface area contributed by atoms with Crippen LogP contribution in [-0.4, -0.2) is 34.2 Å². The van der Waals surface area contributed by atoms with Crippen molar-refractivity contribution >= 4 is 27.3 Å². The van der Waals surface area contributed by atoms with Gasteiger partial charge in [0.25, 0.3) is 5.91 Å². The number of carbonyl (C=O) groups excluding carboxylic acids is 1. The number of carbonyl (C=O) groups is 1. The van der Waals surface area contributed by atoms with Crippen molar-refractivity contribution in [1.82, 2.24) is 0 Å². The Kier molecular flexibility index (Phi) is 5.82. The molecular formula is C18H20N2O4S. The number of ether oxygens (including phenoxy) is 1. The molecule has 6 nitrogen and oxygen atoms in total. The van der Waals surface area contributed by atoms with Crippen LogP contribution >= 0.6 is 0 Å². The van der Waals surface area contributed by atoms with Gasteiger partial charge in [-0.25, -0.2) is 8.42 Å². The molecule has 2 aromatic carbocycles. The molecule has 2 aromatic rings. The summed E-state index contributed by atoms with van der Waals surface area (Å²) in [4.78, 5) is 12.4. The SMILES string of the molecule is C=CCN(c1ccc(C(=O)Nc2ccccc2OC)cc1)S(C)(=O)=O. The summed E-state index contributed by atoms with van der Waals surface area (Å²) in [6, 6.07) is 13.4. The van der Waals surface area contributed by atoms with Crippen molar-refractivity contribution in [2.45, 2.75) is 0 Å². The molecule has 0 fully saturated rings. The molecule has 25 heavy (non-hydrogen) atoms. The van der Waals surface area contributed by atoms with Crippen LogP contribution in [0.15, 0.2) is 61.2 Å². The fraction of sp³-hybridized carbons (Fsp3) is 0.167. The van der Waals surface area contributed by atoms with Gasteiger partial charge in [0.1, 0.15) is 5.75 Å². The van der Waals surface area contributed by atoms with Crippen LogP contribution in [0.4, 0.5) is 11.4 Å². The van der Waals surface area contributed by atoms with Crippen LogP contribution in [0.1, 0.15) is 10.4 Å². The summed E-state index contributed by atoms with van der Waals surface area (Å²) < 4.78 is 30.1. The van der Waals surface area contributed by atoms with Gasteiger partial charge < -0.3 is 10.1 Å². The maximum absolute atomic E-state index is 12.4. The van der Waals surface area contributed by atoms with Gasteiger partial charge >= 0.3 is 0 Å². The number of nitrogens with one attached hydrogen (secondary N) is 1. The van der Waals surface area contributed by atoms with Gasteiger partial charge in [0.2, 0.25) is 10.0 Å². The second-order valence-corrected chi connectivity index (χ2v) is 7.19. The van der Waals surface area contributed by atoms with Gasteiger partial charge in [-0.2, -0.15) is 0 Å². The third kappa shape index (κ3) is 4.60. The lowest BCUT2D eigenvalue weighted by Gasteiger charge is -2.20. The minimum absolute atomic E-state index is 0.158. The van der Waals surface area contributed by atoms with Gasteiger partial charge in [-0.05, 0) is 36.4 Å². The highest BCUT2D eigenvalue weighted by atomic mass is 32.2. The maximum Gasteiger partial charge on any atom is 0.255 e. The molecule has 0 aliphatic heterocycles. The Morgan fingerprint density at radius 2 is 1.84 bits per heavy atom. The van der Waals surface area contributed by atoms with Gasteiger partial charge in [0, 0.05) is 5.56 Å². The first kappa shape index (κ1) is 18.5. The van der Waals surface area contributed by atoms with Crippen LogP contribution in [0.25, 0.3) is 0 Å². The summed E-state index contributed by atoms with van der Waals surface area (Å²) in [5.41, 5.74) is 1.43. The van der Waals surface area contributed by atoms with Crippen LogP contribution in [0.2, 0.25) is 0 Å². The normalized spacial score (nSPS) is 10.8. The standard InChI is InChI=1S/C18H20N2O4S/c1-4-13-20(25(3,22)23)15-11-9-14(10-12-15)18(21)19-16-7-5-6-8-17(16)24-2/h4-12H,1,13H2,2-3H3,(H,19,21). The summed E-state index contributed by atoms with van der Waals surface area (Å²) in [5, 5.41) is 2.77. The smallest absolute Gasteiger partial charge is 0.255 e. The number of anilines is 2. The number of nitrogens with zero attached hydrogens (tertiary/aromatic N) is 1. The Morgan fingerprint density at radius 3 is 2.40 bits per heavy atom. The number of amides is 1. The third-order valence-corrected chi connectivity index (χ3v) is 4.63. The first-order valence-corrected chi connectivity index (χ1v) is 9.34. The molecule has 0 saturated heterocycles. The molecule has 132 valence electrons. The van der Waals surface area contributed by atoms with Gasteiger partial charge in [0.15, 0.2) is 0 Å². The summed E-state index contributed by atoms with van der Waals surface area (Å²) in [5.74, 6) is 0.243. The van der Waals surface area contributed by atoms with E-state index in [9.17, 15) is 13.2 Å². The Labute approximate surface area is 147 Å². The van der Waals surface area contributed by atoms with Crippen molar-refractivity contribution < 1.29 is 17.9 Å². The predicted octanol–water partition coefficient (Wildman–Crippen LogP) is 2.90. The first-order valence-electron chi connectivity index (χ1n) is 7.50.